The van der Waals surface area contributed by atoms with Crippen molar-refractivity contribution < 1.29 is 9.53 Å². The normalized spacial score (nSPS) is 13.1. The third-order valence-electron chi connectivity index (χ3n) is 1.51. The highest BCUT2D eigenvalue weighted by Gasteiger charge is 2.23. The highest BCUT2D eigenvalue weighted by atomic mass is 16.5. The molecule has 0 saturated carbocycles. The molecule has 0 radical (unpaired) electrons. The van der Waals surface area contributed by atoms with Crippen LogP contribution in [-0.4, -0.2) is 23.5 Å². The molecule has 0 heterocycles. The van der Waals surface area contributed by atoms with Crippen LogP contribution in [0.5, 0.6) is 0 Å². The number of nitrogens with two attached hydrogens (primary N) is 1. The molecule has 0 aliphatic heterocycles. The van der Waals surface area contributed by atoms with Crippen molar-refractivity contribution in [1.82, 2.24) is 0 Å². The van der Waals surface area contributed by atoms with Gasteiger partial charge in [0.2, 0.25) is 0 Å². The number of carbonyl (C=O) groups is 1. The average Bonchev–Trinajstić information content (AvgIpc) is 1.79. The zero-order valence-electron chi connectivity index (χ0n) is 9.31. The van der Waals surface area contributed by atoms with Gasteiger partial charge in [0.1, 0.15) is 5.78 Å². The lowest BCUT2D eigenvalue weighted by molar-refractivity contribution is -0.124. The van der Waals surface area contributed by atoms with E-state index in [0.29, 0.717) is 13.0 Å². The summed E-state index contributed by atoms with van der Waals surface area (Å²) in [5, 5.41) is 0. The highest BCUT2D eigenvalue weighted by molar-refractivity contribution is 5.76. The van der Waals surface area contributed by atoms with Gasteiger partial charge in [0, 0.05) is 12.0 Å². The molecule has 0 aromatic carbocycles. The van der Waals surface area contributed by atoms with Gasteiger partial charge < -0.3 is 10.5 Å². The van der Waals surface area contributed by atoms with Crippen molar-refractivity contribution in [3.8, 4) is 0 Å². The fourth-order valence-electron chi connectivity index (χ4n) is 1.03. The number of hydrogen-bond donors (Lipinski definition) is 1. The minimum absolute atomic E-state index is 0.139. The van der Waals surface area contributed by atoms with E-state index in [1.165, 1.54) is 0 Å². The first-order valence-electron chi connectivity index (χ1n) is 4.55. The van der Waals surface area contributed by atoms with Gasteiger partial charge in [0.15, 0.2) is 0 Å². The Kier molecular flexibility index (Phi) is 4.07. The highest BCUT2D eigenvalue weighted by Crippen LogP contribution is 2.16. The molecule has 78 valence electrons. The molecule has 0 spiro atoms. The Morgan fingerprint density at radius 1 is 1.31 bits per heavy atom. The zero-order valence-corrected chi connectivity index (χ0v) is 9.31. The van der Waals surface area contributed by atoms with E-state index in [0.717, 1.165) is 0 Å². The molecule has 0 bridgehead atoms. The lowest BCUT2D eigenvalue weighted by Crippen LogP contribution is -2.41. The number of ether oxygens (including phenoxy) is 1. The van der Waals surface area contributed by atoms with Gasteiger partial charge in [-0.05, 0) is 34.6 Å². The topological polar surface area (TPSA) is 52.3 Å². The van der Waals surface area contributed by atoms with E-state index in [1.807, 2.05) is 27.7 Å². The van der Waals surface area contributed by atoms with E-state index in [-0.39, 0.29) is 11.3 Å². The van der Waals surface area contributed by atoms with E-state index in [1.54, 1.807) is 6.92 Å². The smallest absolute Gasteiger partial charge is 0.132 e. The molecule has 0 fully saturated rings. The first-order valence-corrected chi connectivity index (χ1v) is 4.55. The quantitative estimate of drug-likeness (QED) is 0.709. The Labute approximate surface area is 80.6 Å². The Bertz CT molecular complexity index is 180. The molecule has 13 heavy (non-hydrogen) atoms. The second-order valence-electron chi connectivity index (χ2n) is 4.92. The van der Waals surface area contributed by atoms with Crippen LogP contribution in [0, 0.1) is 0 Å². The van der Waals surface area contributed by atoms with E-state index in [9.17, 15) is 4.79 Å². The summed E-state index contributed by atoms with van der Waals surface area (Å²) in [6, 6.07) is 0. The predicted molar refractivity (Wildman–Crippen MR) is 53.6 cm³/mol. The fraction of sp³-hybridized carbons (Fsp3) is 0.900. The van der Waals surface area contributed by atoms with Crippen molar-refractivity contribution in [2.24, 2.45) is 5.73 Å². The second kappa shape index (κ2) is 4.20. The van der Waals surface area contributed by atoms with Gasteiger partial charge in [-0.25, -0.2) is 0 Å². The summed E-state index contributed by atoms with van der Waals surface area (Å²) >= 11 is 0. The lowest BCUT2D eigenvalue weighted by Gasteiger charge is -2.28. The van der Waals surface area contributed by atoms with Gasteiger partial charge in [0.25, 0.3) is 0 Å². The third-order valence-corrected chi connectivity index (χ3v) is 1.51. The molecule has 0 rings (SSSR count). The van der Waals surface area contributed by atoms with Crippen LogP contribution in [-0.2, 0) is 9.53 Å². The van der Waals surface area contributed by atoms with Crippen LogP contribution < -0.4 is 5.73 Å². The molecule has 3 heteroatoms. The first-order chi connectivity index (χ1) is 5.62. The van der Waals surface area contributed by atoms with E-state index < -0.39 is 5.60 Å². The second-order valence-corrected chi connectivity index (χ2v) is 4.92. The average molecular weight is 187 g/mol. The van der Waals surface area contributed by atoms with Crippen molar-refractivity contribution in [3.63, 3.8) is 0 Å². The molecular weight excluding hydrogens is 166 g/mol. The molecule has 3 nitrogen and oxygen atoms in total. The summed E-state index contributed by atoms with van der Waals surface area (Å²) < 4.78 is 5.56. The number of carbonyl (C=O) groups excluding carboxylic acids is 1. The monoisotopic (exact) mass is 187 g/mol. The van der Waals surface area contributed by atoms with Gasteiger partial charge in [-0.2, -0.15) is 0 Å². The van der Waals surface area contributed by atoms with Gasteiger partial charge in [-0.15, -0.1) is 0 Å². The van der Waals surface area contributed by atoms with Gasteiger partial charge in [0.05, 0.1) is 12.2 Å². The van der Waals surface area contributed by atoms with Crippen molar-refractivity contribution in [2.75, 3.05) is 6.61 Å². The van der Waals surface area contributed by atoms with Crippen LogP contribution in [0.25, 0.3) is 0 Å². The van der Waals surface area contributed by atoms with Gasteiger partial charge in [-0.3, -0.25) is 4.79 Å². The number of hydrogen-bond acceptors (Lipinski definition) is 3. The Morgan fingerprint density at radius 3 is 2.08 bits per heavy atom. The molecule has 0 amide bonds. The molecule has 0 saturated heterocycles. The van der Waals surface area contributed by atoms with Crippen molar-refractivity contribution in [3.05, 3.63) is 0 Å². The molecule has 0 aliphatic carbocycles. The van der Waals surface area contributed by atoms with E-state index in [4.69, 9.17) is 10.5 Å². The summed E-state index contributed by atoms with van der Waals surface area (Å²) in [5.74, 6) is 0.139. The fourth-order valence-corrected chi connectivity index (χ4v) is 1.03. The summed E-state index contributed by atoms with van der Waals surface area (Å²) in [7, 11) is 0. The molecule has 0 atom stereocenters. The van der Waals surface area contributed by atoms with Crippen LogP contribution in [0.4, 0.5) is 0 Å². The van der Waals surface area contributed by atoms with Crippen LogP contribution in [0.15, 0.2) is 0 Å². The zero-order chi connectivity index (χ0) is 10.7. The SMILES string of the molecule is CC(=O)CC(C)(C)OCC(C)(C)N. The third kappa shape index (κ3) is 7.94. The number of Topliss-reactive ketones (excluding diaryl/α,β-unsaturated/α-hetero) is 1. The van der Waals surface area contributed by atoms with E-state index >= 15 is 0 Å². The van der Waals surface area contributed by atoms with Crippen molar-refractivity contribution in [2.45, 2.75) is 52.2 Å². The Morgan fingerprint density at radius 2 is 1.77 bits per heavy atom. The van der Waals surface area contributed by atoms with Gasteiger partial charge in [-0.1, -0.05) is 0 Å². The molecule has 0 unspecified atom stereocenters. The predicted octanol–water partition coefficient (Wildman–Crippen LogP) is 1.50. The number of ketones is 1. The number of rotatable bonds is 5. The summed E-state index contributed by atoms with van der Waals surface area (Å²) in [6.45, 7) is 9.64. The minimum Gasteiger partial charge on any atom is -0.373 e. The van der Waals surface area contributed by atoms with Crippen molar-refractivity contribution in [1.29, 1.82) is 0 Å². The molecule has 0 aromatic heterocycles. The lowest BCUT2D eigenvalue weighted by atomic mass is 10.0. The van der Waals surface area contributed by atoms with Crippen molar-refractivity contribution >= 4 is 5.78 Å². The molecule has 2 N–H and O–H groups in total. The van der Waals surface area contributed by atoms with Crippen LogP contribution >= 0.6 is 0 Å². The molecule has 0 aromatic rings. The maximum Gasteiger partial charge on any atom is 0.132 e. The Balaban J connectivity index is 3.96. The summed E-state index contributed by atoms with van der Waals surface area (Å²) in [5.41, 5.74) is 5.02. The molecular formula is C10H21NO2. The maximum absolute atomic E-state index is 10.9. The van der Waals surface area contributed by atoms with E-state index in [2.05, 4.69) is 0 Å². The minimum atomic E-state index is -0.400. The standard InChI is InChI=1S/C10H21NO2/c1-8(12)6-10(4,5)13-7-9(2,3)11/h6-7,11H2,1-5H3. The molecule has 0 aliphatic rings. The summed E-state index contributed by atoms with van der Waals surface area (Å²) in [4.78, 5) is 10.9. The summed E-state index contributed by atoms with van der Waals surface area (Å²) in [6.07, 6.45) is 0.434. The maximum atomic E-state index is 10.9. The van der Waals surface area contributed by atoms with Crippen LogP contribution in [0.2, 0.25) is 0 Å². The van der Waals surface area contributed by atoms with Gasteiger partial charge >= 0.3 is 0 Å². The first kappa shape index (κ1) is 12.6. The van der Waals surface area contributed by atoms with Crippen LogP contribution in [0.3, 0.4) is 0 Å². The van der Waals surface area contributed by atoms with Crippen LogP contribution in [0.1, 0.15) is 41.0 Å². The largest absolute Gasteiger partial charge is 0.373 e. The Hall–Kier alpha value is -0.410.